The van der Waals surface area contributed by atoms with Crippen molar-refractivity contribution in [1.82, 2.24) is 4.98 Å². The maximum Gasteiger partial charge on any atom is 0.227 e. The van der Waals surface area contributed by atoms with Crippen LogP contribution in [0.15, 0.2) is 52.9 Å². The number of rotatable bonds is 2. The van der Waals surface area contributed by atoms with Crippen LogP contribution in [0.2, 0.25) is 0 Å². The molecular weight excluding hydrogens is 210 g/mol. The molecule has 0 amide bonds. The fourth-order valence-electron chi connectivity index (χ4n) is 1.73. The monoisotopic (exact) mass is 220 g/mol. The molecule has 0 fully saturated rings. The van der Waals surface area contributed by atoms with E-state index in [1.165, 1.54) is 0 Å². The molecule has 0 bridgehead atoms. The van der Waals surface area contributed by atoms with Crippen molar-refractivity contribution in [1.29, 1.82) is 0 Å². The lowest BCUT2D eigenvalue weighted by Crippen LogP contribution is -1.77. The highest BCUT2D eigenvalue weighted by Crippen LogP contribution is 2.24. The van der Waals surface area contributed by atoms with E-state index in [0.717, 1.165) is 22.2 Å². The molecule has 0 aliphatic carbocycles. The Hall–Kier alpha value is -2.35. The smallest absolute Gasteiger partial charge is 0.227 e. The lowest BCUT2D eigenvalue weighted by molar-refractivity contribution is 0.620. The molecule has 2 heteroatoms. The predicted octanol–water partition coefficient (Wildman–Crippen LogP) is 3.94. The lowest BCUT2D eigenvalue weighted by Gasteiger charge is -1.95. The summed E-state index contributed by atoms with van der Waals surface area (Å²) in [4.78, 5) is 4.43. The van der Waals surface area contributed by atoms with Gasteiger partial charge in [0.05, 0.1) is 0 Å². The average Bonchev–Trinajstić information content (AvgIpc) is 2.82. The van der Waals surface area contributed by atoms with Crippen molar-refractivity contribution in [3.63, 3.8) is 0 Å². The van der Waals surface area contributed by atoms with Gasteiger partial charge >= 0.3 is 0 Å². The number of hydrogen-bond donors (Lipinski definition) is 0. The molecule has 2 nitrogen and oxygen atoms in total. The molecule has 1 radical (unpaired) electrons. The summed E-state index contributed by atoms with van der Waals surface area (Å²) in [5, 5.41) is 0. The van der Waals surface area contributed by atoms with E-state index in [4.69, 9.17) is 11.0 Å². The zero-order valence-corrected chi connectivity index (χ0v) is 9.13. The van der Waals surface area contributed by atoms with Gasteiger partial charge in [0.2, 0.25) is 5.89 Å². The van der Waals surface area contributed by atoms with Crippen molar-refractivity contribution in [2.45, 2.75) is 0 Å². The standard InChI is InChI=1S/C15H10NO/c1-2-11-7-9-12(10-8-11)15-16-13-5-3-4-6-14(13)17-15/h1-10H. The van der Waals surface area contributed by atoms with E-state index in [1.807, 2.05) is 48.5 Å². The fraction of sp³-hybridized carbons (Fsp3) is 0. The van der Waals surface area contributed by atoms with Crippen LogP contribution in [0.3, 0.4) is 0 Å². The summed E-state index contributed by atoms with van der Waals surface area (Å²) in [6.07, 6.45) is 1.57. The van der Waals surface area contributed by atoms with E-state index in [2.05, 4.69) is 4.98 Å². The third kappa shape index (κ3) is 1.74. The first-order valence-corrected chi connectivity index (χ1v) is 5.38. The number of nitrogens with zero attached hydrogens (tertiary/aromatic N) is 1. The van der Waals surface area contributed by atoms with E-state index in [0.29, 0.717) is 5.89 Å². The van der Waals surface area contributed by atoms with E-state index in [-0.39, 0.29) is 0 Å². The maximum atomic E-state index is 5.68. The Morgan fingerprint density at radius 2 is 1.76 bits per heavy atom. The molecule has 17 heavy (non-hydrogen) atoms. The topological polar surface area (TPSA) is 26.0 Å². The van der Waals surface area contributed by atoms with Crippen molar-refractivity contribution >= 4 is 17.2 Å². The number of oxazole rings is 1. The van der Waals surface area contributed by atoms with Gasteiger partial charge in [-0.1, -0.05) is 36.9 Å². The molecule has 0 saturated carbocycles. The molecule has 3 rings (SSSR count). The largest absolute Gasteiger partial charge is 0.436 e. The first-order chi connectivity index (χ1) is 8.36. The third-order valence-corrected chi connectivity index (χ3v) is 2.64. The zero-order valence-electron chi connectivity index (χ0n) is 9.13. The van der Waals surface area contributed by atoms with E-state index in [1.54, 1.807) is 6.08 Å². The highest BCUT2D eigenvalue weighted by molar-refractivity contribution is 5.76. The van der Waals surface area contributed by atoms with Crippen LogP contribution in [0, 0.1) is 6.58 Å². The molecule has 0 aliphatic rings. The van der Waals surface area contributed by atoms with Gasteiger partial charge in [-0.05, 0) is 29.8 Å². The maximum absolute atomic E-state index is 5.68. The lowest BCUT2D eigenvalue weighted by atomic mass is 10.1. The summed E-state index contributed by atoms with van der Waals surface area (Å²) in [6.45, 7) is 5.44. The number of aromatic nitrogens is 1. The predicted molar refractivity (Wildman–Crippen MR) is 68.2 cm³/mol. The molecule has 1 aromatic heterocycles. The Bertz CT molecular complexity index is 632. The Balaban J connectivity index is 2.10. The minimum absolute atomic E-state index is 0.634. The van der Waals surface area contributed by atoms with Crippen LogP contribution < -0.4 is 0 Å². The van der Waals surface area contributed by atoms with Crippen molar-refractivity contribution in [3.05, 3.63) is 60.7 Å². The summed E-state index contributed by atoms with van der Waals surface area (Å²) in [5.41, 5.74) is 3.60. The molecule has 1 heterocycles. The SMILES string of the molecule is [CH]=Cc1ccc(-c2nc3ccccc3o2)cc1. The summed E-state index contributed by atoms with van der Waals surface area (Å²) < 4.78 is 5.68. The Morgan fingerprint density at radius 3 is 2.47 bits per heavy atom. The Kier molecular flexibility index (Phi) is 2.26. The summed E-state index contributed by atoms with van der Waals surface area (Å²) >= 11 is 0. The van der Waals surface area contributed by atoms with E-state index in [9.17, 15) is 0 Å². The summed E-state index contributed by atoms with van der Waals surface area (Å²) in [6, 6.07) is 15.5. The normalized spacial score (nSPS) is 10.6. The first-order valence-electron chi connectivity index (χ1n) is 5.38. The van der Waals surface area contributed by atoms with Gasteiger partial charge in [-0.2, -0.15) is 0 Å². The van der Waals surface area contributed by atoms with Gasteiger partial charge in [0, 0.05) is 5.56 Å². The molecule has 2 aromatic carbocycles. The van der Waals surface area contributed by atoms with Gasteiger partial charge in [0.25, 0.3) is 0 Å². The van der Waals surface area contributed by atoms with Crippen molar-refractivity contribution in [2.75, 3.05) is 0 Å². The van der Waals surface area contributed by atoms with Crippen molar-refractivity contribution in [3.8, 4) is 11.5 Å². The Morgan fingerprint density at radius 1 is 1.00 bits per heavy atom. The minimum atomic E-state index is 0.634. The van der Waals surface area contributed by atoms with E-state index < -0.39 is 0 Å². The Labute approximate surface area is 99.2 Å². The highest BCUT2D eigenvalue weighted by Gasteiger charge is 2.06. The molecule has 0 saturated heterocycles. The average molecular weight is 220 g/mol. The van der Waals surface area contributed by atoms with Crippen LogP contribution in [-0.4, -0.2) is 4.98 Å². The van der Waals surface area contributed by atoms with Gasteiger partial charge < -0.3 is 4.42 Å². The molecule has 81 valence electrons. The van der Waals surface area contributed by atoms with Gasteiger partial charge in [0.1, 0.15) is 5.52 Å². The van der Waals surface area contributed by atoms with Gasteiger partial charge in [-0.3, -0.25) is 0 Å². The molecular formula is C15H10NO. The van der Waals surface area contributed by atoms with Crippen LogP contribution in [0.5, 0.6) is 0 Å². The fourth-order valence-corrected chi connectivity index (χ4v) is 1.73. The summed E-state index contributed by atoms with van der Waals surface area (Å²) in [7, 11) is 0. The molecule has 0 atom stereocenters. The number of benzene rings is 2. The van der Waals surface area contributed by atoms with Gasteiger partial charge in [-0.15, -0.1) is 0 Å². The molecule has 0 spiro atoms. The van der Waals surface area contributed by atoms with Gasteiger partial charge in [0.15, 0.2) is 5.58 Å². The van der Waals surface area contributed by atoms with Crippen LogP contribution >= 0.6 is 0 Å². The van der Waals surface area contributed by atoms with Gasteiger partial charge in [-0.25, -0.2) is 4.98 Å². The quantitative estimate of drug-likeness (QED) is 0.653. The van der Waals surface area contributed by atoms with Crippen LogP contribution in [0.1, 0.15) is 5.56 Å². The van der Waals surface area contributed by atoms with Crippen molar-refractivity contribution in [2.24, 2.45) is 0 Å². The number of hydrogen-bond acceptors (Lipinski definition) is 2. The number of para-hydroxylation sites is 2. The highest BCUT2D eigenvalue weighted by atomic mass is 16.3. The van der Waals surface area contributed by atoms with Crippen LogP contribution in [0.4, 0.5) is 0 Å². The second kappa shape index (κ2) is 3.91. The second-order valence-corrected chi connectivity index (χ2v) is 3.78. The molecule has 0 unspecified atom stereocenters. The minimum Gasteiger partial charge on any atom is -0.436 e. The zero-order chi connectivity index (χ0) is 11.7. The molecule has 0 aliphatic heterocycles. The number of fused-ring (bicyclic) bond motifs is 1. The van der Waals surface area contributed by atoms with E-state index >= 15 is 0 Å². The van der Waals surface area contributed by atoms with Crippen molar-refractivity contribution < 1.29 is 4.42 Å². The summed E-state index contributed by atoms with van der Waals surface area (Å²) in [5.74, 6) is 0.634. The second-order valence-electron chi connectivity index (χ2n) is 3.78. The van der Waals surface area contributed by atoms with Crippen LogP contribution in [0.25, 0.3) is 28.6 Å². The third-order valence-electron chi connectivity index (χ3n) is 2.64. The first kappa shape index (κ1) is 9.85. The molecule has 3 aromatic rings. The van der Waals surface area contributed by atoms with Crippen LogP contribution in [-0.2, 0) is 0 Å². The molecule has 0 N–H and O–H groups in total.